The van der Waals surface area contributed by atoms with Gasteiger partial charge in [-0.05, 0) is 61.2 Å². The SMILES string of the molecule is COc1ccccc1CCNc1nc(C)c2ccc(=O)n(-c3ccc(C(=O)NCC(C)C)cc3)c2n1. The largest absolute Gasteiger partial charge is 0.496 e. The summed E-state index contributed by atoms with van der Waals surface area (Å²) >= 11 is 0. The number of methoxy groups -OCH3 is 1. The van der Waals surface area contributed by atoms with Crippen LogP contribution in [0.2, 0.25) is 0 Å². The number of anilines is 1. The second kappa shape index (κ2) is 11.0. The lowest BCUT2D eigenvalue weighted by molar-refractivity contribution is 0.0949. The predicted molar refractivity (Wildman–Crippen MR) is 142 cm³/mol. The van der Waals surface area contributed by atoms with Crippen LogP contribution < -0.4 is 20.9 Å². The number of aryl methyl sites for hydroxylation is 1. The lowest BCUT2D eigenvalue weighted by atomic mass is 10.1. The Kier molecular flexibility index (Phi) is 7.63. The normalized spacial score (nSPS) is 11.0. The highest BCUT2D eigenvalue weighted by Gasteiger charge is 2.13. The first-order valence-electron chi connectivity index (χ1n) is 12.0. The predicted octanol–water partition coefficient (Wildman–Crippen LogP) is 4.14. The summed E-state index contributed by atoms with van der Waals surface area (Å²) in [7, 11) is 1.66. The van der Waals surface area contributed by atoms with Crippen molar-refractivity contribution in [1.29, 1.82) is 0 Å². The fourth-order valence-corrected chi connectivity index (χ4v) is 3.97. The van der Waals surface area contributed by atoms with Gasteiger partial charge in [-0.25, -0.2) is 4.98 Å². The lowest BCUT2D eigenvalue weighted by Crippen LogP contribution is -2.27. The van der Waals surface area contributed by atoms with Gasteiger partial charge in [0.05, 0.1) is 18.5 Å². The molecule has 0 aliphatic carbocycles. The van der Waals surface area contributed by atoms with Crippen molar-refractivity contribution in [3.05, 3.63) is 87.8 Å². The molecular formula is C28H31N5O3. The van der Waals surface area contributed by atoms with Crippen LogP contribution in [0.25, 0.3) is 16.7 Å². The highest BCUT2D eigenvalue weighted by Crippen LogP contribution is 2.21. The number of hydrogen-bond acceptors (Lipinski definition) is 6. The molecule has 4 rings (SSSR count). The van der Waals surface area contributed by atoms with Crippen LogP contribution in [0.15, 0.2) is 65.5 Å². The molecule has 2 aromatic heterocycles. The first-order valence-corrected chi connectivity index (χ1v) is 12.0. The molecule has 0 aliphatic rings. The highest BCUT2D eigenvalue weighted by atomic mass is 16.5. The summed E-state index contributed by atoms with van der Waals surface area (Å²) in [5.74, 6) is 1.51. The number of fused-ring (bicyclic) bond motifs is 1. The molecule has 0 saturated heterocycles. The molecule has 0 radical (unpaired) electrons. The van der Waals surface area contributed by atoms with Gasteiger partial charge in [-0.1, -0.05) is 32.0 Å². The average molecular weight is 486 g/mol. The van der Waals surface area contributed by atoms with E-state index in [-0.39, 0.29) is 11.5 Å². The summed E-state index contributed by atoms with van der Waals surface area (Å²) in [4.78, 5) is 34.6. The lowest BCUT2D eigenvalue weighted by Gasteiger charge is -2.14. The third kappa shape index (κ3) is 5.54. The molecule has 2 N–H and O–H groups in total. The van der Waals surface area contributed by atoms with Crippen LogP contribution in [0.4, 0.5) is 5.95 Å². The van der Waals surface area contributed by atoms with E-state index in [1.165, 1.54) is 6.07 Å². The Balaban J connectivity index is 1.61. The summed E-state index contributed by atoms with van der Waals surface area (Å²) in [5.41, 5.74) is 3.31. The Morgan fingerprint density at radius 1 is 1.03 bits per heavy atom. The van der Waals surface area contributed by atoms with Crippen molar-refractivity contribution in [2.45, 2.75) is 27.2 Å². The van der Waals surface area contributed by atoms with Gasteiger partial charge in [0.2, 0.25) is 5.95 Å². The standard InChI is InChI=1S/C28H31N5O3/c1-18(2)17-30-27(35)21-9-11-22(12-10-21)33-25(34)14-13-23-19(3)31-28(32-26(23)33)29-16-15-20-7-5-6-8-24(20)36-4/h5-14,18H,15-17H2,1-4H3,(H,30,35)(H,29,31,32). The molecule has 2 heterocycles. The molecule has 0 fully saturated rings. The highest BCUT2D eigenvalue weighted by molar-refractivity contribution is 5.94. The van der Waals surface area contributed by atoms with E-state index in [0.717, 1.165) is 28.8 Å². The van der Waals surface area contributed by atoms with Crippen molar-refractivity contribution in [2.24, 2.45) is 5.92 Å². The maximum absolute atomic E-state index is 12.9. The van der Waals surface area contributed by atoms with Crippen LogP contribution in [0.5, 0.6) is 5.75 Å². The first-order chi connectivity index (χ1) is 17.4. The molecule has 36 heavy (non-hydrogen) atoms. The van der Waals surface area contributed by atoms with E-state index >= 15 is 0 Å². The number of carbonyl (C=O) groups excluding carboxylic acids is 1. The van der Waals surface area contributed by atoms with Gasteiger partial charge in [-0.2, -0.15) is 4.98 Å². The zero-order valence-corrected chi connectivity index (χ0v) is 21.0. The second-order valence-corrected chi connectivity index (χ2v) is 9.02. The molecule has 0 spiro atoms. The zero-order chi connectivity index (χ0) is 25.7. The fourth-order valence-electron chi connectivity index (χ4n) is 3.97. The molecule has 0 atom stereocenters. The summed E-state index contributed by atoms with van der Waals surface area (Å²) in [6.07, 6.45) is 0.729. The van der Waals surface area contributed by atoms with Crippen molar-refractivity contribution in [3.63, 3.8) is 0 Å². The Hall–Kier alpha value is -4.20. The van der Waals surface area contributed by atoms with Crippen molar-refractivity contribution in [3.8, 4) is 11.4 Å². The number of amides is 1. The number of pyridine rings is 1. The third-order valence-corrected chi connectivity index (χ3v) is 5.87. The number of nitrogens with one attached hydrogen (secondary N) is 2. The molecule has 4 aromatic rings. The van der Waals surface area contributed by atoms with Crippen LogP contribution in [-0.2, 0) is 6.42 Å². The molecule has 8 nitrogen and oxygen atoms in total. The number of benzene rings is 2. The van der Waals surface area contributed by atoms with Crippen LogP contribution in [0, 0.1) is 12.8 Å². The topological polar surface area (TPSA) is 98.1 Å². The maximum atomic E-state index is 12.9. The summed E-state index contributed by atoms with van der Waals surface area (Å²) in [6.45, 7) is 7.19. The summed E-state index contributed by atoms with van der Waals surface area (Å²) in [6, 6.07) is 18.1. The van der Waals surface area contributed by atoms with E-state index in [4.69, 9.17) is 4.74 Å². The van der Waals surface area contributed by atoms with Crippen LogP contribution in [0.1, 0.15) is 35.5 Å². The Morgan fingerprint density at radius 3 is 2.50 bits per heavy atom. The minimum atomic E-state index is -0.211. The molecule has 8 heteroatoms. The quantitative estimate of drug-likeness (QED) is 0.370. The van der Waals surface area contributed by atoms with Gasteiger partial charge < -0.3 is 15.4 Å². The van der Waals surface area contributed by atoms with E-state index in [0.29, 0.717) is 41.9 Å². The maximum Gasteiger partial charge on any atom is 0.256 e. The van der Waals surface area contributed by atoms with E-state index in [1.54, 1.807) is 42.0 Å². The summed E-state index contributed by atoms with van der Waals surface area (Å²) in [5, 5.41) is 6.97. The van der Waals surface area contributed by atoms with Gasteiger partial charge in [0.15, 0.2) is 5.65 Å². The first kappa shape index (κ1) is 24.9. The van der Waals surface area contributed by atoms with Gasteiger partial charge in [-0.15, -0.1) is 0 Å². The van der Waals surface area contributed by atoms with Gasteiger partial charge in [0.25, 0.3) is 11.5 Å². The Labute approximate surface area is 210 Å². The van der Waals surface area contributed by atoms with Crippen LogP contribution >= 0.6 is 0 Å². The van der Waals surface area contributed by atoms with E-state index in [9.17, 15) is 9.59 Å². The second-order valence-electron chi connectivity index (χ2n) is 9.02. The number of ether oxygens (including phenoxy) is 1. The Morgan fingerprint density at radius 2 is 1.78 bits per heavy atom. The van der Waals surface area contributed by atoms with Gasteiger partial charge in [-0.3, -0.25) is 14.2 Å². The molecule has 0 aliphatic heterocycles. The molecule has 0 bridgehead atoms. The molecule has 186 valence electrons. The number of hydrogen-bond donors (Lipinski definition) is 2. The molecular weight excluding hydrogens is 454 g/mol. The molecule has 0 unspecified atom stereocenters. The number of carbonyl (C=O) groups is 1. The number of nitrogens with zero attached hydrogens (tertiary/aromatic N) is 3. The minimum Gasteiger partial charge on any atom is -0.496 e. The number of rotatable bonds is 9. The van der Waals surface area contributed by atoms with Crippen molar-refractivity contribution < 1.29 is 9.53 Å². The fraction of sp³-hybridized carbons (Fsp3) is 0.286. The van der Waals surface area contributed by atoms with E-state index in [1.807, 2.05) is 45.0 Å². The van der Waals surface area contributed by atoms with E-state index in [2.05, 4.69) is 20.6 Å². The molecule has 1 amide bonds. The van der Waals surface area contributed by atoms with Gasteiger partial charge in [0.1, 0.15) is 5.75 Å². The van der Waals surface area contributed by atoms with Crippen LogP contribution in [0.3, 0.4) is 0 Å². The number of para-hydroxylation sites is 1. The smallest absolute Gasteiger partial charge is 0.256 e. The number of aromatic nitrogens is 3. The van der Waals surface area contributed by atoms with Crippen molar-refractivity contribution >= 4 is 22.9 Å². The third-order valence-electron chi connectivity index (χ3n) is 5.87. The van der Waals surface area contributed by atoms with Crippen LogP contribution in [-0.4, -0.2) is 40.6 Å². The van der Waals surface area contributed by atoms with Crippen molar-refractivity contribution in [1.82, 2.24) is 19.9 Å². The average Bonchev–Trinajstić information content (AvgIpc) is 2.87. The Bertz CT molecular complexity index is 1430. The van der Waals surface area contributed by atoms with Gasteiger partial charge in [0, 0.05) is 30.1 Å². The van der Waals surface area contributed by atoms with Crippen molar-refractivity contribution in [2.75, 3.05) is 25.5 Å². The minimum absolute atomic E-state index is 0.139. The summed E-state index contributed by atoms with van der Waals surface area (Å²) < 4.78 is 6.97. The van der Waals surface area contributed by atoms with E-state index < -0.39 is 0 Å². The molecule has 0 saturated carbocycles. The van der Waals surface area contributed by atoms with Gasteiger partial charge >= 0.3 is 0 Å². The zero-order valence-electron chi connectivity index (χ0n) is 21.0. The monoisotopic (exact) mass is 485 g/mol. The molecule has 2 aromatic carbocycles.